The number of alkyl halides is 3. The summed E-state index contributed by atoms with van der Waals surface area (Å²) in [6, 6.07) is 0. The van der Waals surface area contributed by atoms with Gasteiger partial charge in [-0.25, -0.2) is 0 Å². The van der Waals surface area contributed by atoms with Crippen LogP contribution in [0.4, 0.5) is 13.2 Å². The van der Waals surface area contributed by atoms with Crippen molar-refractivity contribution in [3.05, 3.63) is 0 Å². The normalized spacial score (nSPS) is 32.0. The minimum absolute atomic E-state index is 0.0947. The fraction of sp³-hybridized carbons (Fsp3) is 1.00. The van der Waals surface area contributed by atoms with Crippen molar-refractivity contribution in [3.8, 4) is 0 Å². The second kappa shape index (κ2) is 9.97. The molecule has 0 aromatic carbocycles. The van der Waals surface area contributed by atoms with Crippen molar-refractivity contribution in [3.63, 3.8) is 0 Å². The van der Waals surface area contributed by atoms with Gasteiger partial charge in [-0.15, -0.1) is 0 Å². The molecular formula is C18H31F3O3. The summed E-state index contributed by atoms with van der Waals surface area (Å²) >= 11 is 0. The Morgan fingerprint density at radius 1 is 1.00 bits per heavy atom. The van der Waals surface area contributed by atoms with Crippen molar-refractivity contribution in [2.24, 2.45) is 11.8 Å². The Labute approximate surface area is 143 Å². The van der Waals surface area contributed by atoms with E-state index in [-0.39, 0.29) is 18.6 Å². The van der Waals surface area contributed by atoms with E-state index in [1.165, 1.54) is 0 Å². The number of hydrogen-bond acceptors (Lipinski definition) is 3. The highest BCUT2D eigenvalue weighted by molar-refractivity contribution is 4.77. The lowest BCUT2D eigenvalue weighted by Crippen LogP contribution is -2.39. The van der Waals surface area contributed by atoms with Crippen molar-refractivity contribution in [1.29, 1.82) is 0 Å². The molecule has 0 N–H and O–H groups in total. The summed E-state index contributed by atoms with van der Waals surface area (Å²) in [4.78, 5) is 0. The van der Waals surface area contributed by atoms with Gasteiger partial charge in [0.25, 0.3) is 0 Å². The molecule has 2 aliphatic rings. The lowest BCUT2D eigenvalue weighted by molar-refractivity contribution is -0.232. The van der Waals surface area contributed by atoms with Gasteiger partial charge in [-0.05, 0) is 44.9 Å². The number of ether oxygens (including phenoxy) is 3. The zero-order chi connectivity index (χ0) is 17.4. The Balaban J connectivity index is 1.58. The standard InChI is InChI=1S/C18H31F3O3/c1-2-3-11-22-16-8-6-15(7-9-16)17-23-12-14(13-24-17)5-4-10-18(19,20)21/h14-17H,2-13H2,1H3/t14-,15?,16?,17-. The highest BCUT2D eigenvalue weighted by atomic mass is 19.4. The van der Waals surface area contributed by atoms with Gasteiger partial charge >= 0.3 is 6.18 Å². The van der Waals surface area contributed by atoms with Crippen molar-refractivity contribution in [1.82, 2.24) is 0 Å². The van der Waals surface area contributed by atoms with Gasteiger partial charge < -0.3 is 14.2 Å². The van der Waals surface area contributed by atoms with E-state index in [2.05, 4.69) is 6.92 Å². The van der Waals surface area contributed by atoms with E-state index in [0.717, 1.165) is 45.1 Å². The lowest BCUT2D eigenvalue weighted by atomic mass is 9.86. The molecule has 1 heterocycles. The van der Waals surface area contributed by atoms with Gasteiger partial charge in [0.15, 0.2) is 6.29 Å². The molecule has 1 aliphatic heterocycles. The van der Waals surface area contributed by atoms with Crippen LogP contribution < -0.4 is 0 Å². The van der Waals surface area contributed by atoms with Crippen LogP contribution in [0.25, 0.3) is 0 Å². The van der Waals surface area contributed by atoms with Crippen LogP contribution in [0.5, 0.6) is 0 Å². The van der Waals surface area contributed by atoms with Crippen molar-refractivity contribution >= 4 is 0 Å². The van der Waals surface area contributed by atoms with Gasteiger partial charge in [-0.2, -0.15) is 13.2 Å². The molecule has 0 atom stereocenters. The van der Waals surface area contributed by atoms with Crippen molar-refractivity contribution < 1.29 is 27.4 Å². The second-order valence-corrected chi connectivity index (χ2v) is 7.17. The Morgan fingerprint density at radius 3 is 2.25 bits per heavy atom. The Bertz CT molecular complexity index is 333. The molecule has 6 heteroatoms. The third-order valence-corrected chi connectivity index (χ3v) is 5.02. The number of halogens is 3. The van der Waals surface area contributed by atoms with Crippen LogP contribution in [0.1, 0.15) is 64.7 Å². The molecule has 1 aliphatic carbocycles. The molecule has 1 saturated heterocycles. The molecule has 24 heavy (non-hydrogen) atoms. The predicted molar refractivity (Wildman–Crippen MR) is 85.7 cm³/mol. The highest BCUT2D eigenvalue weighted by Gasteiger charge is 2.33. The van der Waals surface area contributed by atoms with Crippen LogP contribution in [-0.4, -0.2) is 38.4 Å². The van der Waals surface area contributed by atoms with E-state index >= 15 is 0 Å². The van der Waals surface area contributed by atoms with Crippen LogP contribution >= 0.6 is 0 Å². The summed E-state index contributed by atoms with van der Waals surface area (Å²) < 4.78 is 54.0. The highest BCUT2D eigenvalue weighted by Crippen LogP contribution is 2.33. The van der Waals surface area contributed by atoms with Crippen LogP contribution in [0, 0.1) is 11.8 Å². The molecule has 2 rings (SSSR count). The number of rotatable bonds is 8. The zero-order valence-electron chi connectivity index (χ0n) is 14.7. The third kappa shape index (κ3) is 7.28. The average molecular weight is 352 g/mol. The first kappa shape index (κ1) is 20.0. The molecule has 0 bridgehead atoms. The minimum Gasteiger partial charge on any atom is -0.378 e. The van der Waals surface area contributed by atoms with Gasteiger partial charge in [0.05, 0.1) is 19.3 Å². The molecule has 1 saturated carbocycles. The smallest absolute Gasteiger partial charge is 0.378 e. The van der Waals surface area contributed by atoms with Gasteiger partial charge in [-0.1, -0.05) is 13.3 Å². The van der Waals surface area contributed by atoms with E-state index in [4.69, 9.17) is 14.2 Å². The van der Waals surface area contributed by atoms with Crippen LogP contribution in [-0.2, 0) is 14.2 Å². The maximum absolute atomic E-state index is 12.2. The lowest BCUT2D eigenvalue weighted by Gasteiger charge is -2.37. The molecule has 0 amide bonds. The first-order chi connectivity index (χ1) is 11.5. The topological polar surface area (TPSA) is 27.7 Å². The summed E-state index contributed by atoms with van der Waals surface area (Å²) in [7, 11) is 0. The average Bonchev–Trinajstić information content (AvgIpc) is 2.55. The minimum atomic E-state index is -4.06. The fourth-order valence-corrected chi connectivity index (χ4v) is 3.51. The SMILES string of the molecule is CCCCOC1CCC([C@H]2OC[C@H](CCCC(F)(F)F)CO2)CC1. The molecule has 0 aromatic rings. The van der Waals surface area contributed by atoms with Gasteiger partial charge in [0, 0.05) is 24.9 Å². The summed E-state index contributed by atoms with van der Waals surface area (Å²) in [5.74, 6) is 0.490. The first-order valence-corrected chi connectivity index (χ1v) is 9.39. The summed E-state index contributed by atoms with van der Waals surface area (Å²) in [6.45, 7) is 4.06. The zero-order valence-corrected chi connectivity index (χ0v) is 14.7. The first-order valence-electron chi connectivity index (χ1n) is 9.39. The Morgan fingerprint density at radius 2 is 1.67 bits per heavy atom. The van der Waals surface area contributed by atoms with Crippen LogP contribution in [0.2, 0.25) is 0 Å². The van der Waals surface area contributed by atoms with Crippen molar-refractivity contribution in [2.75, 3.05) is 19.8 Å². The number of unbranched alkanes of at least 4 members (excludes halogenated alkanes) is 1. The number of hydrogen-bond donors (Lipinski definition) is 0. The molecule has 142 valence electrons. The van der Waals surface area contributed by atoms with Gasteiger partial charge in [0.2, 0.25) is 0 Å². The fourth-order valence-electron chi connectivity index (χ4n) is 3.51. The van der Waals surface area contributed by atoms with Crippen LogP contribution in [0.15, 0.2) is 0 Å². The molecule has 3 nitrogen and oxygen atoms in total. The molecule has 2 fully saturated rings. The predicted octanol–water partition coefficient (Wildman–Crippen LogP) is 5.08. The van der Waals surface area contributed by atoms with Crippen LogP contribution in [0.3, 0.4) is 0 Å². The molecule has 0 spiro atoms. The maximum Gasteiger partial charge on any atom is 0.389 e. The van der Waals surface area contributed by atoms with Crippen molar-refractivity contribution in [2.45, 2.75) is 83.3 Å². The van der Waals surface area contributed by atoms with E-state index in [9.17, 15) is 13.2 Å². The molecule has 0 radical (unpaired) electrons. The maximum atomic E-state index is 12.2. The summed E-state index contributed by atoms with van der Waals surface area (Å²) in [6.07, 6.45) is 2.54. The molecule has 0 unspecified atom stereocenters. The Kier molecular flexibility index (Phi) is 8.31. The van der Waals surface area contributed by atoms with E-state index in [1.54, 1.807) is 0 Å². The molecular weight excluding hydrogens is 321 g/mol. The largest absolute Gasteiger partial charge is 0.389 e. The summed E-state index contributed by atoms with van der Waals surface area (Å²) in [5, 5.41) is 0. The van der Waals surface area contributed by atoms with E-state index < -0.39 is 12.6 Å². The van der Waals surface area contributed by atoms with E-state index in [0.29, 0.717) is 31.7 Å². The molecule has 0 aromatic heterocycles. The Hall–Kier alpha value is -0.330. The summed E-state index contributed by atoms with van der Waals surface area (Å²) in [5.41, 5.74) is 0. The van der Waals surface area contributed by atoms with E-state index in [1.807, 2.05) is 0 Å². The van der Waals surface area contributed by atoms with Gasteiger partial charge in [-0.3, -0.25) is 0 Å². The van der Waals surface area contributed by atoms with Gasteiger partial charge in [0.1, 0.15) is 0 Å². The second-order valence-electron chi connectivity index (χ2n) is 7.17. The quantitative estimate of drug-likeness (QED) is 0.570. The third-order valence-electron chi connectivity index (χ3n) is 5.02. The monoisotopic (exact) mass is 352 g/mol.